The van der Waals surface area contributed by atoms with E-state index in [1.165, 1.54) is 0 Å². The molecule has 1 heterocycles. The topological polar surface area (TPSA) is 35.5 Å². The van der Waals surface area contributed by atoms with Crippen LogP contribution in [0.25, 0.3) is 0 Å². The van der Waals surface area contributed by atoms with Crippen molar-refractivity contribution >= 4 is 5.97 Å². The van der Waals surface area contributed by atoms with Gasteiger partial charge in [0.05, 0.1) is 11.7 Å². The molecule has 1 fully saturated rings. The van der Waals surface area contributed by atoms with E-state index in [2.05, 4.69) is 0 Å². The predicted octanol–water partition coefficient (Wildman–Crippen LogP) is 2.80. The minimum atomic E-state index is -0.441. The molecule has 3 nitrogen and oxygen atoms in total. The summed E-state index contributed by atoms with van der Waals surface area (Å²) in [5.41, 5.74) is 0.164. The van der Waals surface area contributed by atoms with Gasteiger partial charge in [-0.3, -0.25) is 0 Å². The van der Waals surface area contributed by atoms with Crippen LogP contribution in [0.3, 0.4) is 0 Å². The fourth-order valence-electron chi connectivity index (χ4n) is 1.44. The van der Waals surface area contributed by atoms with Crippen molar-refractivity contribution in [3.8, 4) is 0 Å². The van der Waals surface area contributed by atoms with Gasteiger partial charge in [-0.05, 0) is 41.0 Å². The van der Waals surface area contributed by atoms with Crippen LogP contribution in [0, 0.1) is 0 Å². The number of carbonyl (C=O) groups is 1. The van der Waals surface area contributed by atoms with Gasteiger partial charge in [0.15, 0.2) is 0 Å². The standard InChI is InChI=1S/C12H20O3/c1-8-6-7-10(14-8)9(2)11(13)15-12(3,4)5/h8H,6-7H2,1-5H3/b10-9+. The Kier molecular flexibility index (Phi) is 3.42. The maximum atomic E-state index is 11.7. The first-order chi connectivity index (χ1) is 6.79. The number of hydrogen-bond donors (Lipinski definition) is 0. The van der Waals surface area contributed by atoms with Gasteiger partial charge in [0.2, 0.25) is 0 Å². The monoisotopic (exact) mass is 212 g/mol. The Labute approximate surface area is 91.4 Å². The molecule has 3 heteroatoms. The molecular weight excluding hydrogens is 192 g/mol. The second-order valence-electron chi connectivity index (χ2n) is 5.02. The van der Waals surface area contributed by atoms with Gasteiger partial charge < -0.3 is 9.47 Å². The van der Waals surface area contributed by atoms with Crippen LogP contribution in [-0.4, -0.2) is 17.7 Å². The van der Waals surface area contributed by atoms with Gasteiger partial charge in [0.25, 0.3) is 0 Å². The lowest BCUT2D eigenvalue weighted by atomic mass is 10.1. The summed E-state index contributed by atoms with van der Waals surface area (Å²) in [6.45, 7) is 9.36. The Morgan fingerprint density at radius 2 is 2.07 bits per heavy atom. The summed E-state index contributed by atoms with van der Waals surface area (Å²) >= 11 is 0. The summed E-state index contributed by atoms with van der Waals surface area (Å²) < 4.78 is 10.8. The average Bonchev–Trinajstić information content (AvgIpc) is 2.47. The lowest BCUT2D eigenvalue weighted by molar-refractivity contribution is -0.150. The summed E-state index contributed by atoms with van der Waals surface area (Å²) in [4.78, 5) is 11.7. The molecule has 1 atom stereocenters. The van der Waals surface area contributed by atoms with E-state index in [1.54, 1.807) is 6.92 Å². The van der Waals surface area contributed by atoms with Gasteiger partial charge in [-0.2, -0.15) is 0 Å². The molecule has 1 rings (SSSR count). The normalized spacial score (nSPS) is 24.7. The molecule has 1 saturated heterocycles. The molecule has 0 aromatic carbocycles. The molecule has 1 aliphatic rings. The zero-order chi connectivity index (χ0) is 11.6. The van der Waals surface area contributed by atoms with Crippen LogP contribution in [-0.2, 0) is 14.3 Å². The molecule has 0 spiro atoms. The van der Waals surface area contributed by atoms with E-state index in [-0.39, 0.29) is 12.1 Å². The van der Waals surface area contributed by atoms with Crippen LogP contribution in [0.2, 0.25) is 0 Å². The average molecular weight is 212 g/mol. The smallest absolute Gasteiger partial charge is 0.337 e. The Balaban J connectivity index is 2.68. The fourth-order valence-corrected chi connectivity index (χ4v) is 1.44. The SMILES string of the molecule is C/C(C(=O)OC(C)(C)C)=C1/CCC(C)O1. The maximum absolute atomic E-state index is 11.7. The number of esters is 1. The van der Waals surface area contributed by atoms with Crippen LogP contribution in [0.4, 0.5) is 0 Å². The summed E-state index contributed by atoms with van der Waals surface area (Å²) in [5, 5.41) is 0. The van der Waals surface area contributed by atoms with Crippen molar-refractivity contribution in [3.05, 3.63) is 11.3 Å². The van der Waals surface area contributed by atoms with Crippen LogP contribution in [0.15, 0.2) is 11.3 Å². The number of allylic oxidation sites excluding steroid dienone is 1. The van der Waals surface area contributed by atoms with Crippen LogP contribution >= 0.6 is 0 Å². The Bertz CT molecular complexity index is 284. The van der Waals surface area contributed by atoms with Crippen LogP contribution < -0.4 is 0 Å². The number of carbonyl (C=O) groups excluding carboxylic acids is 1. The third-order valence-electron chi connectivity index (χ3n) is 2.24. The van der Waals surface area contributed by atoms with Crippen molar-refractivity contribution in [2.24, 2.45) is 0 Å². The van der Waals surface area contributed by atoms with Crippen molar-refractivity contribution in [2.75, 3.05) is 0 Å². The van der Waals surface area contributed by atoms with Gasteiger partial charge in [-0.15, -0.1) is 0 Å². The van der Waals surface area contributed by atoms with E-state index in [9.17, 15) is 4.79 Å². The number of rotatable bonds is 1. The van der Waals surface area contributed by atoms with Crippen molar-refractivity contribution in [1.82, 2.24) is 0 Å². The lowest BCUT2D eigenvalue weighted by Gasteiger charge is -2.20. The molecule has 0 aliphatic carbocycles. The van der Waals surface area contributed by atoms with Gasteiger partial charge >= 0.3 is 5.97 Å². The summed E-state index contributed by atoms with van der Waals surface area (Å²) in [6.07, 6.45) is 2.04. The van der Waals surface area contributed by atoms with E-state index < -0.39 is 5.60 Å². The zero-order valence-corrected chi connectivity index (χ0v) is 10.2. The summed E-state index contributed by atoms with van der Waals surface area (Å²) in [6, 6.07) is 0. The van der Waals surface area contributed by atoms with Crippen molar-refractivity contribution in [3.63, 3.8) is 0 Å². The van der Waals surface area contributed by atoms with Crippen molar-refractivity contribution < 1.29 is 14.3 Å². The van der Waals surface area contributed by atoms with E-state index in [0.29, 0.717) is 5.57 Å². The summed E-state index contributed by atoms with van der Waals surface area (Å²) in [5.74, 6) is 0.517. The fraction of sp³-hybridized carbons (Fsp3) is 0.750. The van der Waals surface area contributed by atoms with Crippen molar-refractivity contribution in [1.29, 1.82) is 0 Å². The largest absolute Gasteiger partial charge is 0.495 e. The van der Waals surface area contributed by atoms with E-state index in [1.807, 2.05) is 27.7 Å². The minimum Gasteiger partial charge on any atom is -0.495 e. The molecule has 15 heavy (non-hydrogen) atoms. The lowest BCUT2D eigenvalue weighted by Crippen LogP contribution is -2.24. The Morgan fingerprint density at radius 3 is 2.47 bits per heavy atom. The maximum Gasteiger partial charge on any atom is 0.337 e. The zero-order valence-electron chi connectivity index (χ0n) is 10.2. The molecule has 0 amide bonds. The second kappa shape index (κ2) is 4.25. The van der Waals surface area contributed by atoms with Gasteiger partial charge in [-0.25, -0.2) is 4.79 Å². The molecule has 1 unspecified atom stereocenters. The highest BCUT2D eigenvalue weighted by Gasteiger charge is 2.24. The quantitative estimate of drug-likeness (QED) is 0.495. The Morgan fingerprint density at radius 1 is 1.47 bits per heavy atom. The molecule has 86 valence electrons. The summed E-state index contributed by atoms with van der Waals surface area (Å²) in [7, 11) is 0. The molecule has 0 N–H and O–H groups in total. The van der Waals surface area contributed by atoms with E-state index in [4.69, 9.17) is 9.47 Å². The molecule has 0 saturated carbocycles. The third kappa shape index (κ3) is 3.57. The van der Waals surface area contributed by atoms with E-state index >= 15 is 0 Å². The molecule has 0 aromatic rings. The van der Waals surface area contributed by atoms with Crippen LogP contribution in [0.5, 0.6) is 0 Å². The molecule has 0 radical (unpaired) electrons. The first-order valence-electron chi connectivity index (χ1n) is 5.39. The molecule has 1 aliphatic heterocycles. The first kappa shape index (κ1) is 12.1. The number of hydrogen-bond acceptors (Lipinski definition) is 3. The second-order valence-corrected chi connectivity index (χ2v) is 5.02. The first-order valence-corrected chi connectivity index (χ1v) is 5.39. The van der Waals surface area contributed by atoms with Gasteiger partial charge in [0, 0.05) is 6.42 Å². The highest BCUT2D eigenvalue weighted by molar-refractivity contribution is 5.88. The van der Waals surface area contributed by atoms with Crippen LogP contribution in [0.1, 0.15) is 47.5 Å². The van der Waals surface area contributed by atoms with Crippen molar-refractivity contribution in [2.45, 2.75) is 59.2 Å². The highest BCUT2D eigenvalue weighted by atomic mass is 16.6. The number of ether oxygens (including phenoxy) is 2. The highest BCUT2D eigenvalue weighted by Crippen LogP contribution is 2.26. The Hall–Kier alpha value is -0.990. The third-order valence-corrected chi connectivity index (χ3v) is 2.24. The van der Waals surface area contributed by atoms with Gasteiger partial charge in [0.1, 0.15) is 11.4 Å². The predicted molar refractivity (Wildman–Crippen MR) is 58.3 cm³/mol. The molecule has 0 bridgehead atoms. The molecular formula is C12H20O3. The molecule has 0 aromatic heterocycles. The van der Waals surface area contributed by atoms with E-state index in [0.717, 1.165) is 18.6 Å². The van der Waals surface area contributed by atoms with Gasteiger partial charge in [-0.1, -0.05) is 0 Å². The minimum absolute atomic E-state index is 0.220.